The molecule has 3 heterocycles. The van der Waals surface area contributed by atoms with Crippen molar-refractivity contribution < 1.29 is 4.39 Å². The molecule has 9 heteroatoms. The van der Waals surface area contributed by atoms with Crippen molar-refractivity contribution in [3.63, 3.8) is 0 Å². The molecule has 0 unspecified atom stereocenters. The molecular weight excluding hydrogens is 423 g/mol. The van der Waals surface area contributed by atoms with E-state index in [4.69, 9.17) is 21.6 Å². The normalized spacial score (nSPS) is 15.1. The summed E-state index contributed by atoms with van der Waals surface area (Å²) in [6.45, 7) is 7.74. The Kier molecular flexibility index (Phi) is 6.17. The third-order valence-electron chi connectivity index (χ3n) is 4.88. The topological polar surface area (TPSA) is 57.2 Å². The third-order valence-corrected chi connectivity index (χ3v) is 6.14. The van der Waals surface area contributed by atoms with Crippen LogP contribution in [-0.4, -0.2) is 59.1 Å². The molecule has 158 valence electrons. The van der Waals surface area contributed by atoms with Gasteiger partial charge in [-0.15, -0.1) is 0 Å². The highest BCUT2D eigenvalue weighted by Crippen LogP contribution is 2.34. The van der Waals surface area contributed by atoms with Gasteiger partial charge in [-0.1, -0.05) is 22.9 Å². The first-order valence-electron chi connectivity index (χ1n) is 9.90. The predicted molar refractivity (Wildman–Crippen MR) is 122 cm³/mol. The molecule has 0 amide bonds. The van der Waals surface area contributed by atoms with Gasteiger partial charge < -0.3 is 15.1 Å². The second-order valence-electron chi connectivity index (χ2n) is 7.68. The number of benzene rings is 1. The van der Waals surface area contributed by atoms with E-state index < -0.39 is 0 Å². The van der Waals surface area contributed by atoms with Crippen LogP contribution in [-0.2, 0) is 0 Å². The van der Waals surface area contributed by atoms with Crippen molar-refractivity contribution in [2.24, 2.45) is 0 Å². The van der Waals surface area contributed by atoms with Gasteiger partial charge in [-0.3, -0.25) is 0 Å². The second-order valence-corrected chi connectivity index (χ2v) is 9.12. The van der Waals surface area contributed by atoms with Crippen LogP contribution in [0.3, 0.4) is 0 Å². The molecule has 0 saturated carbocycles. The van der Waals surface area contributed by atoms with Gasteiger partial charge in [0, 0.05) is 44.0 Å². The fourth-order valence-electron chi connectivity index (χ4n) is 3.25. The van der Waals surface area contributed by atoms with Crippen LogP contribution in [0.1, 0.15) is 13.8 Å². The Morgan fingerprint density at radius 1 is 1.10 bits per heavy atom. The van der Waals surface area contributed by atoms with Crippen molar-refractivity contribution in [2.45, 2.75) is 19.9 Å². The maximum Gasteiger partial charge on any atom is 0.226 e. The molecule has 1 aliphatic heterocycles. The molecule has 0 radical (unpaired) electrons. The molecule has 30 heavy (non-hydrogen) atoms. The number of halogens is 2. The summed E-state index contributed by atoms with van der Waals surface area (Å²) in [5.41, 5.74) is 2.14. The van der Waals surface area contributed by atoms with E-state index in [1.807, 2.05) is 12.3 Å². The first kappa shape index (κ1) is 21.0. The summed E-state index contributed by atoms with van der Waals surface area (Å²) in [6, 6.07) is 6.56. The molecule has 1 aromatic carbocycles. The second kappa shape index (κ2) is 8.83. The third kappa shape index (κ3) is 4.71. The summed E-state index contributed by atoms with van der Waals surface area (Å²) in [6.07, 6.45) is 1.82. The Bertz CT molecular complexity index is 1030. The van der Waals surface area contributed by atoms with Crippen LogP contribution in [0.15, 0.2) is 30.5 Å². The summed E-state index contributed by atoms with van der Waals surface area (Å²) in [5.74, 6) is 0.284. The number of hydrogen-bond donors (Lipinski definition) is 1. The maximum absolute atomic E-state index is 13.6. The molecule has 1 aliphatic rings. The molecule has 2 aromatic heterocycles. The fourth-order valence-corrected chi connectivity index (χ4v) is 4.44. The van der Waals surface area contributed by atoms with E-state index in [0.717, 1.165) is 41.9 Å². The Morgan fingerprint density at radius 3 is 2.53 bits per heavy atom. The van der Waals surface area contributed by atoms with Gasteiger partial charge >= 0.3 is 0 Å². The minimum atomic E-state index is -0.371. The highest BCUT2D eigenvalue weighted by atomic mass is 35.5. The Labute approximate surface area is 184 Å². The first-order valence-corrected chi connectivity index (χ1v) is 11.1. The monoisotopic (exact) mass is 446 g/mol. The quantitative estimate of drug-likeness (QED) is 0.616. The smallest absolute Gasteiger partial charge is 0.226 e. The average Bonchev–Trinajstić information content (AvgIpc) is 3.16. The Balaban J connectivity index is 1.77. The number of anilines is 2. The van der Waals surface area contributed by atoms with E-state index in [0.29, 0.717) is 28.3 Å². The van der Waals surface area contributed by atoms with E-state index >= 15 is 0 Å². The number of hydrogen-bond acceptors (Lipinski definition) is 7. The van der Waals surface area contributed by atoms with E-state index in [1.54, 1.807) is 17.4 Å². The lowest BCUT2D eigenvalue weighted by molar-refractivity contribution is 0.311. The molecule has 4 rings (SSSR count). The van der Waals surface area contributed by atoms with Crippen LogP contribution < -0.4 is 10.2 Å². The van der Waals surface area contributed by atoms with E-state index in [-0.39, 0.29) is 5.82 Å². The van der Waals surface area contributed by atoms with Crippen LogP contribution in [0.25, 0.3) is 21.8 Å². The van der Waals surface area contributed by atoms with E-state index in [1.165, 1.54) is 12.1 Å². The largest absolute Gasteiger partial charge is 0.359 e. The van der Waals surface area contributed by atoms with E-state index in [2.05, 4.69) is 41.0 Å². The molecule has 0 bridgehead atoms. The van der Waals surface area contributed by atoms with Gasteiger partial charge in [0.2, 0.25) is 5.95 Å². The van der Waals surface area contributed by atoms with Crippen molar-refractivity contribution in [1.29, 1.82) is 0 Å². The maximum atomic E-state index is 13.6. The van der Waals surface area contributed by atoms with Crippen molar-refractivity contribution in [3.05, 3.63) is 41.3 Å². The molecule has 1 saturated heterocycles. The highest BCUT2D eigenvalue weighted by Gasteiger charge is 2.20. The van der Waals surface area contributed by atoms with Gasteiger partial charge in [0.25, 0.3) is 0 Å². The van der Waals surface area contributed by atoms with Crippen molar-refractivity contribution in [3.8, 4) is 21.8 Å². The molecule has 0 aliphatic carbocycles. The van der Waals surface area contributed by atoms with Crippen molar-refractivity contribution >= 4 is 34.0 Å². The summed E-state index contributed by atoms with van der Waals surface area (Å²) in [5, 5.41) is 4.50. The molecule has 1 N–H and O–H groups in total. The molecule has 3 aromatic rings. The van der Waals surface area contributed by atoms with Crippen molar-refractivity contribution in [1.82, 2.24) is 19.9 Å². The lowest BCUT2D eigenvalue weighted by Gasteiger charge is -2.32. The molecular formula is C21H24ClFN6S. The van der Waals surface area contributed by atoms with Crippen molar-refractivity contribution in [2.75, 3.05) is 43.4 Å². The van der Waals surface area contributed by atoms with Crippen LogP contribution in [0.2, 0.25) is 5.02 Å². The average molecular weight is 447 g/mol. The zero-order valence-electron chi connectivity index (χ0n) is 17.2. The number of aromatic nitrogens is 3. The van der Waals surface area contributed by atoms with Gasteiger partial charge in [-0.05, 0) is 45.2 Å². The van der Waals surface area contributed by atoms with Gasteiger partial charge in [0.15, 0.2) is 5.13 Å². The van der Waals surface area contributed by atoms with Crippen LogP contribution >= 0.6 is 22.9 Å². The molecule has 0 spiro atoms. The van der Waals surface area contributed by atoms with Gasteiger partial charge in [-0.2, -0.15) is 0 Å². The van der Waals surface area contributed by atoms with Gasteiger partial charge in [0.1, 0.15) is 5.82 Å². The molecule has 0 atom stereocenters. The number of nitrogens with zero attached hydrogens (tertiary/aromatic N) is 5. The minimum Gasteiger partial charge on any atom is -0.359 e. The number of rotatable bonds is 5. The minimum absolute atomic E-state index is 0.295. The molecule has 6 nitrogen and oxygen atoms in total. The van der Waals surface area contributed by atoms with Gasteiger partial charge in [-0.25, -0.2) is 19.3 Å². The lowest BCUT2D eigenvalue weighted by atomic mass is 10.1. The SMILES string of the molecule is CC(C)Nc1ncc(-c2cc(-c3ccc(F)cc3Cl)nc(N3CCN(C)CC3)n2)s1. The standard InChI is InChI=1S/C21H24ClFN6S/c1-13(2)25-21-24-12-19(30-21)18-11-17(15-5-4-14(23)10-16(15)22)26-20(27-18)29-8-6-28(3)7-9-29/h4-5,10-13H,6-9H2,1-3H3,(H,24,25). The summed E-state index contributed by atoms with van der Waals surface area (Å²) in [4.78, 5) is 19.5. The van der Waals surface area contributed by atoms with E-state index in [9.17, 15) is 4.39 Å². The summed E-state index contributed by atoms with van der Waals surface area (Å²) < 4.78 is 13.6. The number of nitrogens with one attached hydrogen (secondary N) is 1. The lowest BCUT2D eigenvalue weighted by Crippen LogP contribution is -2.45. The number of likely N-dealkylation sites (N-methyl/N-ethyl adjacent to an activating group) is 1. The summed E-state index contributed by atoms with van der Waals surface area (Å²) >= 11 is 7.89. The number of thiazole rings is 1. The summed E-state index contributed by atoms with van der Waals surface area (Å²) in [7, 11) is 2.11. The zero-order valence-corrected chi connectivity index (χ0v) is 18.8. The van der Waals surface area contributed by atoms with Crippen LogP contribution in [0.5, 0.6) is 0 Å². The molecule has 1 fully saturated rings. The van der Waals surface area contributed by atoms with Crippen LogP contribution in [0.4, 0.5) is 15.5 Å². The predicted octanol–water partition coefficient (Wildman–Crippen LogP) is 4.63. The van der Waals surface area contributed by atoms with Crippen LogP contribution in [0, 0.1) is 5.82 Å². The Morgan fingerprint density at radius 2 is 1.83 bits per heavy atom. The number of piperazine rings is 1. The first-order chi connectivity index (χ1) is 14.4. The zero-order chi connectivity index (χ0) is 21.3. The fraction of sp³-hybridized carbons (Fsp3) is 0.381. The van der Waals surface area contributed by atoms with Gasteiger partial charge in [0.05, 0.1) is 21.3 Å². The Hall–Kier alpha value is -2.29. The highest BCUT2D eigenvalue weighted by molar-refractivity contribution is 7.18.